The number of hydrogen-bond donors (Lipinski definition) is 2. The monoisotopic (exact) mass is 315 g/mol. The van der Waals surface area contributed by atoms with Crippen molar-refractivity contribution in [3.8, 4) is 5.75 Å². The number of nitrogens with one attached hydrogen (secondary N) is 2. The number of ether oxygens (including phenoxy) is 2. The van der Waals surface area contributed by atoms with Crippen LogP contribution in [0.25, 0.3) is 0 Å². The molecule has 1 amide bonds. The molecular weight excluding hydrogens is 294 g/mol. The summed E-state index contributed by atoms with van der Waals surface area (Å²) in [5, 5.41) is 5.80. The quantitative estimate of drug-likeness (QED) is 0.885. The number of pyridine rings is 1. The molecule has 0 radical (unpaired) electrons. The van der Waals surface area contributed by atoms with Gasteiger partial charge in [0.2, 0.25) is 0 Å². The van der Waals surface area contributed by atoms with Gasteiger partial charge in [0.1, 0.15) is 17.2 Å². The Bertz CT molecular complexity index is 646. The Hall–Kier alpha value is -2.76. The lowest BCUT2D eigenvalue weighted by Gasteiger charge is -2.19. The van der Waals surface area contributed by atoms with E-state index in [1.54, 1.807) is 19.4 Å². The molecule has 2 aromatic rings. The minimum atomic E-state index is -0.542. The molecule has 6 nitrogen and oxygen atoms in total. The maximum absolute atomic E-state index is 11.7. The van der Waals surface area contributed by atoms with Crippen LogP contribution < -0.4 is 15.4 Å². The predicted molar refractivity (Wildman–Crippen MR) is 90.4 cm³/mol. The Morgan fingerprint density at radius 1 is 1.04 bits per heavy atom. The summed E-state index contributed by atoms with van der Waals surface area (Å²) in [5.74, 6) is 1.23. The Balaban J connectivity index is 1.94. The van der Waals surface area contributed by atoms with Crippen LogP contribution in [0.4, 0.5) is 22.0 Å². The highest BCUT2D eigenvalue weighted by molar-refractivity contribution is 5.83. The zero-order chi connectivity index (χ0) is 16.9. The van der Waals surface area contributed by atoms with Gasteiger partial charge in [-0.05, 0) is 57.2 Å². The van der Waals surface area contributed by atoms with Crippen LogP contribution in [0.2, 0.25) is 0 Å². The molecule has 0 fully saturated rings. The molecule has 6 heteroatoms. The third-order valence-electron chi connectivity index (χ3n) is 2.77. The molecule has 0 bridgehead atoms. The molecule has 2 rings (SSSR count). The molecule has 122 valence electrons. The number of aromatic nitrogens is 1. The summed E-state index contributed by atoms with van der Waals surface area (Å²) in [5.41, 5.74) is 1.19. The van der Waals surface area contributed by atoms with E-state index in [1.165, 1.54) is 0 Å². The summed E-state index contributed by atoms with van der Waals surface area (Å²) >= 11 is 0. The van der Waals surface area contributed by atoms with Gasteiger partial charge in [0.05, 0.1) is 19.0 Å². The molecule has 0 saturated heterocycles. The van der Waals surface area contributed by atoms with Crippen molar-refractivity contribution in [3.63, 3.8) is 0 Å². The van der Waals surface area contributed by atoms with Crippen LogP contribution >= 0.6 is 0 Å². The second-order valence-corrected chi connectivity index (χ2v) is 5.91. The highest BCUT2D eigenvalue weighted by Gasteiger charge is 2.16. The molecule has 2 N–H and O–H groups in total. The van der Waals surface area contributed by atoms with E-state index in [-0.39, 0.29) is 0 Å². The fourth-order valence-corrected chi connectivity index (χ4v) is 1.79. The van der Waals surface area contributed by atoms with E-state index in [4.69, 9.17) is 9.47 Å². The van der Waals surface area contributed by atoms with Crippen molar-refractivity contribution in [2.75, 3.05) is 17.7 Å². The van der Waals surface area contributed by atoms with Crippen molar-refractivity contribution in [2.45, 2.75) is 26.4 Å². The highest BCUT2D eigenvalue weighted by Crippen LogP contribution is 2.20. The van der Waals surface area contributed by atoms with Crippen LogP contribution in [-0.4, -0.2) is 23.8 Å². The Morgan fingerprint density at radius 2 is 1.70 bits per heavy atom. The van der Waals surface area contributed by atoms with Gasteiger partial charge in [-0.15, -0.1) is 0 Å². The standard InChI is InChI=1S/C17H21N3O3/c1-17(2,3)23-16(21)20-15-10-7-13(11-18-15)19-12-5-8-14(22-4)9-6-12/h5-11,19H,1-4H3,(H,18,20,21). The van der Waals surface area contributed by atoms with Gasteiger partial charge in [0, 0.05) is 5.69 Å². The summed E-state index contributed by atoms with van der Waals surface area (Å²) in [6.45, 7) is 5.42. The molecule has 1 aromatic heterocycles. The third kappa shape index (κ3) is 5.50. The summed E-state index contributed by atoms with van der Waals surface area (Å²) in [6, 6.07) is 11.1. The summed E-state index contributed by atoms with van der Waals surface area (Å²) < 4.78 is 10.3. The van der Waals surface area contributed by atoms with Gasteiger partial charge in [0.15, 0.2) is 0 Å². The number of rotatable bonds is 4. The molecule has 0 unspecified atom stereocenters. The Kier molecular flexibility index (Phi) is 5.05. The summed E-state index contributed by atoms with van der Waals surface area (Å²) in [4.78, 5) is 15.8. The number of nitrogens with zero attached hydrogens (tertiary/aromatic N) is 1. The molecule has 1 aromatic carbocycles. The van der Waals surface area contributed by atoms with Crippen LogP contribution in [0.15, 0.2) is 42.6 Å². The smallest absolute Gasteiger partial charge is 0.413 e. The summed E-state index contributed by atoms with van der Waals surface area (Å²) in [7, 11) is 1.63. The first-order chi connectivity index (χ1) is 10.9. The van der Waals surface area contributed by atoms with E-state index in [0.717, 1.165) is 17.1 Å². The number of anilines is 3. The van der Waals surface area contributed by atoms with Crippen molar-refractivity contribution in [3.05, 3.63) is 42.6 Å². The lowest BCUT2D eigenvalue weighted by molar-refractivity contribution is 0.0635. The van der Waals surface area contributed by atoms with Crippen molar-refractivity contribution < 1.29 is 14.3 Å². The number of amides is 1. The first-order valence-corrected chi connectivity index (χ1v) is 7.23. The molecule has 0 spiro atoms. The highest BCUT2D eigenvalue weighted by atomic mass is 16.6. The summed E-state index contributed by atoms with van der Waals surface area (Å²) in [6.07, 6.45) is 1.11. The molecule has 0 aliphatic carbocycles. The molecule has 1 heterocycles. The van der Waals surface area contributed by atoms with Crippen LogP contribution in [0.3, 0.4) is 0 Å². The Morgan fingerprint density at radius 3 is 2.22 bits per heavy atom. The van der Waals surface area contributed by atoms with Crippen molar-refractivity contribution in [1.29, 1.82) is 0 Å². The van der Waals surface area contributed by atoms with Gasteiger partial charge in [-0.25, -0.2) is 9.78 Å². The fourth-order valence-electron chi connectivity index (χ4n) is 1.79. The van der Waals surface area contributed by atoms with Gasteiger partial charge in [-0.2, -0.15) is 0 Å². The van der Waals surface area contributed by atoms with E-state index < -0.39 is 11.7 Å². The molecule has 0 aliphatic heterocycles. The minimum Gasteiger partial charge on any atom is -0.497 e. The van der Waals surface area contributed by atoms with Crippen LogP contribution in [0.1, 0.15) is 20.8 Å². The second kappa shape index (κ2) is 7.00. The molecule has 0 saturated carbocycles. The fraction of sp³-hybridized carbons (Fsp3) is 0.294. The lowest BCUT2D eigenvalue weighted by atomic mass is 10.2. The topological polar surface area (TPSA) is 72.5 Å². The first kappa shape index (κ1) is 16.6. The van der Waals surface area contributed by atoms with Crippen molar-refractivity contribution in [2.24, 2.45) is 0 Å². The van der Waals surface area contributed by atoms with Gasteiger partial charge in [-0.3, -0.25) is 5.32 Å². The molecule has 23 heavy (non-hydrogen) atoms. The van der Waals surface area contributed by atoms with Crippen molar-refractivity contribution in [1.82, 2.24) is 4.98 Å². The lowest BCUT2D eigenvalue weighted by Crippen LogP contribution is -2.27. The maximum Gasteiger partial charge on any atom is 0.413 e. The van der Waals surface area contributed by atoms with Crippen molar-refractivity contribution >= 4 is 23.3 Å². The van der Waals surface area contributed by atoms with Crippen LogP contribution in [0.5, 0.6) is 5.75 Å². The maximum atomic E-state index is 11.7. The zero-order valence-corrected chi connectivity index (χ0v) is 13.7. The average Bonchev–Trinajstić information content (AvgIpc) is 2.48. The molecular formula is C17H21N3O3. The average molecular weight is 315 g/mol. The van der Waals surface area contributed by atoms with E-state index >= 15 is 0 Å². The van der Waals surface area contributed by atoms with E-state index in [9.17, 15) is 4.79 Å². The van der Waals surface area contributed by atoms with Crippen LogP contribution in [0, 0.1) is 0 Å². The van der Waals surface area contributed by atoms with E-state index in [1.807, 2.05) is 51.1 Å². The number of methoxy groups -OCH3 is 1. The second-order valence-electron chi connectivity index (χ2n) is 5.91. The SMILES string of the molecule is COc1ccc(Nc2ccc(NC(=O)OC(C)(C)C)nc2)cc1. The molecule has 0 aliphatic rings. The minimum absolute atomic E-state index is 0.430. The van der Waals surface area contributed by atoms with E-state index in [0.29, 0.717) is 5.82 Å². The number of benzene rings is 1. The first-order valence-electron chi connectivity index (χ1n) is 7.23. The normalized spacial score (nSPS) is 10.8. The zero-order valence-electron chi connectivity index (χ0n) is 13.7. The Labute approximate surface area is 135 Å². The van der Waals surface area contributed by atoms with Gasteiger partial charge in [-0.1, -0.05) is 0 Å². The number of hydrogen-bond acceptors (Lipinski definition) is 5. The number of carbonyl (C=O) groups excluding carboxylic acids is 1. The van der Waals surface area contributed by atoms with Crippen LogP contribution in [-0.2, 0) is 4.74 Å². The van der Waals surface area contributed by atoms with Gasteiger partial charge in [0.25, 0.3) is 0 Å². The number of carbonyl (C=O) groups is 1. The van der Waals surface area contributed by atoms with Gasteiger partial charge < -0.3 is 14.8 Å². The van der Waals surface area contributed by atoms with Gasteiger partial charge >= 0.3 is 6.09 Å². The molecule has 0 atom stereocenters. The predicted octanol–water partition coefficient (Wildman–Crippen LogP) is 4.18. The largest absolute Gasteiger partial charge is 0.497 e. The van der Waals surface area contributed by atoms with E-state index in [2.05, 4.69) is 15.6 Å². The third-order valence-corrected chi connectivity index (χ3v) is 2.77.